The lowest BCUT2D eigenvalue weighted by Crippen LogP contribution is -1.98. The van der Waals surface area contributed by atoms with Gasteiger partial charge in [0.1, 0.15) is 12.1 Å². The molecule has 5 nitrogen and oxygen atoms in total. The van der Waals surface area contributed by atoms with Crippen LogP contribution in [-0.2, 0) is 5.75 Å². The Kier molecular flexibility index (Phi) is 4.96. The van der Waals surface area contributed by atoms with Crippen molar-refractivity contribution in [3.63, 3.8) is 0 Å². The summed E-state index contributed by atoms with van der Waals surface area (Å²) in [6, 6.07) is 15.4. The Bertz CT molecular complexity index is 846. The molecular formula is C18H17N3O2S. The van der Waals surface area contributed by atoms with Crippen LogP contribution < -0.4 is 4.74 Å². The molecule has 0 aliphatic rings. The fourth-order valence-corrected chi connectivity index (χ4v) is 3.25. The van der Waals surface area contributed by atoms with E-state index in [1.807, 2.05) is 47.0 Å². The largest absolute Gasteiger partial charge is 0.496 e. The molecule has 1 heterocycles. The lowest BCUT2D eigenvalue weighted by Gasteiger charge is -2.10. The number of aromatic nitrogens is 3. The van der Waals surface area contributed by atoms with E-state index in [0.29, 0.717) is 11.3 Å². The summed E-state index contributed by atoms with van der Waals surface area (Å²) in [5.41, 5.74) is 2.64. The maximum absolute atomic E-state index is 11.6. The summed E-state index contributed by atoms with van der Waals surface area (Å²) in [6.07, 6.45) is 1.70. The molecule has 0 spiro atoms. The van der Waals surface area contributed by atoms with Gasteiger partial charge in [-0.25, -0.2) is 0 Å². The molecule has 3 aromatic rings. The van der Waals surface area contributed by atoms with E-state index in [-0.39, 0.29) is 5.78 Å². The Hall–Kier alpha value is -2.60. The summed E-state index contributed by atoms with van der Waals surface area (Å²) in [6.45, 7) is 1.56. The van der Waals surface area contributed by atoms with Crippen LogP contribution in [0.2, 0.25) is 0 Å². The van der Waals surface area contributed by atoms with Gasteiger partial charge in [-0.15, -0.1) is 10.2 Å². The van der Waals surface area contributed by atoms with Gasteiger partial charge in [0.2, 0.25) is 0 Å². The van der Waals surface area contributed by atoms with Crippen molar-refractivity contribution in [3.05, 3.63) is 66.0 Å². The van der Waals surface area contributed by atoms with Crippen LogP contribution in [0.4, 0.5) is 0 Å². The topological polar surface area (TPSA) is 57.0 Å². The van der Waals surface area contributed by atoms with Crippen LogP contribution in [0.15, 0.2) is 60.0 Å². The molecule has 0 atom stereocenters. The number of methoxy groups -OCH3 is 1. The Morgan fingerprint density at radius 3 is 2.71 bits per heavy atom. The van der Waals surface area contributed by atoms with E-state index < -0.39 is 0 Å². The third kappa shape index (κ3) is 3.49. The molecule has 0 saturated heterocycles. The van der Waals surface area contributed by atoms with Crippen LogP contribution in [0.3, 0.4) is 0 Å². The predicted molar refractivity (Wildman–Crippen MR) is 93.9 cm³/mol. The molecule has 0 radical (unpaired) electrons. The third-order valence-electron chi connectivity index (χ3n) is 3.59. The van der Waals surface area contributed by atoms with Gasteiger partial charge in [-0.05, 0) is 37.3 Å². The quantitative estimate of drug-likeness (QED) is 0.505. The first kappa shape index (κ1) is 16.3. The minimum absolute atomic E-state index is 0.0383. The summed E-state index contributed by atoms with van der Waals surface area (Å²) in [7, 11) is 1.63. The number of para-hydroxylation sites is 1. The summed E-state index contributed by atoms with van der Waals surface area (Å²) in [5.74, 6) is 1.44. The zero-order valence-electron chi connectivity index (χ0n) is 13.5. The summed E-state index contributed by atoms with van der Waals surface area (Å²) < 4.78 is 7.33. The number of rotatable bonds is 6. The van der Waals surface area contributed by atoms with Crippen molar-refractivity contribution in [1.82, 2.24) is 14.8 Å². The van der Waals surface area contributed by atoms with Crippen LogP contribution in [0.5, 0.6) is 5.75 Å². The maximum atomic E-state index is 11.6. The normalized spacial score (nSPS) is 10.6. The molecular weight excluding hydrogens is 322 g/mol. The molecule has 0 unspecified atom stereocenters. The van der Waals surface area contributed by atoms with E-state index in [4.69, 9.17) is 4.74 Å². The number of Topliss-reactive ketones (excluding diaryl/α,β-unsaturated/α-hetero) is 1. The lowest BCUT2D eigenvalue weighted by atomic mass is 10.1. The number of carbonyl (C=O) groups excluding carboxylic acids is 1. The van der Waals surface area contributed by atoms with Gasteiger partial charge >= 0.3 is 0 Å². The first-order valence-corrected chi connectivity index (χ1v) is 8.43. The van der Waals surface area contributed by atoms with Crippen molar-refractivity contribution in [2.24, 2.45) is 0 Å². The van der Waals surface area contributed by atoms with Gasteiger partial charge in [0.25, 0.3) is 0 Å². The molecule has 0 bridgehead atoms. The average molecular weight is 339 g/mol. The highest BCUT2D eigenvalue weighted by Crippen LogP contribution is 2.29. The minimum Gasteiger partial charge on any atom is -0.496 e. The number of carbonyl (C=O) groups is 1. The van der Waals surface area contributed by atoms with Crippen LogP contribution in [0.25, 0.3) is 5.69 Å². The Balaban J connectivity index is 1.83. The first-order chi connectivity index (χ1) is 11.7. The van der Waals surface area contributed by atoms with E-state index in [1.54, 1.807) is 38.2 Å². The monoisotopic (exact) mass is 339 g/mol. The fourth-order valence-electron chi connectivity index (χ4n) is 2.34. The fraction of sp³-hybridized carbons (Fsp3) is 0.167. The molecule has 0 aliphatic heterocycles. The molecule has 0 fully saturated rings. The summed E-state index contributed by atoms with van der Waals surface area (Å²) in [5, 5.41) is 8.98. The highest BCUT2D eigenvalue weighted by atomic mass is 32.2. The van der Waals surface area contributed by atoms with Crippen molar-refractivity contribution in [2.45, 2.75) is 17.8 Å². The van der Waals surface area contributed by atoms with Crippen molar-refractivity contribution in [1.29, 1.82) is 0 Å². The van der Waals surface area contributed by atoms with Gasteiger partial charge in [-0.2, -0.15) is 0 Å². The second kappa shape index (κ2) is 7.31. The number of ketones is 1. The molecule has 0 aliphatic carbocycles. The lowest BCUT2D eigenvalue weighted by molar-refractivity contribution is 0.101. The third-order valence-corrected chi connectivity index (χ3v) is 4.59. The molecule has 0 N–H and O–H groups in total. The molecule has 3 rings (SSSR count). The molecule has 24 heavy (non-hydrogen) atoms. The Morgan fingerprint density at radius 2 is 2.00 bits per heavy atom. The van der Waals surface area contributed by atoms with E-state index in [2.05, 4.69) is 10.2 Å². The van der Waals surface area contributed by atoms with E-state index >= 15 is 0 Å². The molecule has 0 amide bonds. The van der Waals surface area contributed by atoms with Crippen molar-refractivity contribution in [2.75, 3.05) is 7.11 Å². The number of hydrogen-bond acceptors (Lipinski definition) is 5. The van der Waals surface area contributed by atoms with Crippen molar-refractivity contribution >= 4 is 17.5 Å². The number of ether oxygens (including phenoxy) is 1. The van der Waals surface area contributed by atoms with E-state index in [0.717, 1.165) is 22.2 Å². The number of hydrogen-bond donors (Lipinski definition) is 0. The van der Waals surface area contributed by atoms with Crippen LogP contribution in [0, 0.1) is 0 Å². The van der Waals surface area contributed by atoms with Gasteiger partial charge in [-0.1, -0.05) is 30.0 Å². The minimum atomic E-state index is 0.0383. The number of nitrogens with zero attached hydrogens (tertiary/aromatic N) is 3. The first-order valence-electron chi connectivity index (χ1n) is 7.45. The van der Waals surface area contributed by atoms with E-state index in [9.17, 15) is 4.79 Å². The summed E-state index contributed by atoms with van der Waals surface area (Å²) in [4.78, 5) is 11.6. The Labute approximate surface area is 144 Å². The standard InChI is InChI=1S/C18H17N3O2S/c1-13(22)14-8-9-17(23-2)15(10-14)11-24-18-20-19-12-21(18)16-6-4-3-5-7-16/h3-10,12H,11H2,1-2H3. The van der Waals surface area contributed by atoms with Gasteiger partial charge in [0.05, 0.1) is 7.11 Å². The van der Waals surface area contributed by atoms with Crippen LogP contribution in [0.1, 0.15) is 22.8 Å². The highest BCUT2D eigenvalue weighted by molar-refractivity contribution is 7.98. The van der Waals surface area contributed by atoms with E-state index in [1.165, 1.54) is 0 Å². The predicted octanol–water partition coefficient (Wildman–Crippen LogP) is 3.77. The van der Waals surface area contributed by atoms with Gasteiger partial charge in [0, 0.05) is 22.6 Å². The second-order valence-corrected chi connectivity index (χ2v) is 6.13. The zero-order valence-corrected chi connectivity index (χ0v) is 14.3. The Morgan fingerprint density at radius 1 is 1.21 bits per heavy atom. The molecule has 1 aromatic heterocycles. The molecule has 2 aromatic carbocycles. The molecule has 0 saturated carbocycles. The van der Waals surface area contributed by atoms with Crippen LogP contribution in [-0.4, -0.2) is 27.7 Å². The molecule has 6 heteroatoms. The van der Waals surface area contributed by atoms with Crippen LogP contribution >= 0.6 is 11.8 Å². The van der Waals surface area contributed by atoms with Gasteiger partial charge in [-0.3, -0.25) is 9.36 Å². The summed E-state index contributed by atoms with van der Waals surface area (Å²) >= 11 is 1.55. The van der Waals surface area contributed by atoms with Gasteiger partial charge < -0.3 is 4.74 Å². The zero-order chi connectivity index (χ0) is 16.9. The average Bonchev–Trinajstić information content (AvgIpc) is 3.09. The van der Waals surface area contributed by atoms with Crippen molar-refractivity contribution in [3.8, 4) is 11.4 Å². The second-order valence-electron chi connectivity index (χ2n) is 5.19. The van der Waals surface area contributed by atoms with Crippen molar-refractivity contribution < 1.29 is 9.53 Å². The smallest absolute Gasteiger partial charge is 0.195 e. The number of benzene rings is 2. The SMILES string of the molecule is COc1ccc(C(C)=O)cc1CSc1nncn1-c1ccccc1. The van der Waals surface area contributed by atoms with Gasteiger partial charge in [0.15, 0.2) is 10.9 Å². The maximum Gasteiger partial charge on any atom is 0.195 e. The highest BCUT2D eigenvalue weighted by Gasteiger charge is 2.11. The number of thioether (sulfide) groups is 1. The molecule has 122 valence electrons.